The minimum Gasteiger partial charge on any atom is -0.493 e. The van der Waals surface area contributed by atoms with Crippen molar-refractivity contribution in [1.82, 2.24) is 5.06 Å². The van der Waals surface area contributed by atoms with Crippen molar-refractivity contribution in [3.63, 3.8) is 0 Å². The lowest BCUT2D eigenvalue weighted by molar-refractivity contribution is -0.386. The number of rotatable bonds is 9. The van der Waals surface area contributed by atoms with Crippen LogP contribution in [0.1, 0.15) is 59.1 Å². The third-order valence-corrected chi connectivity index (χ3v) is 4.58. The van der Waals surface area contributed by atoms with E-state index in [1.165, 1.54) is 13.2 Å². The van der Waals surface area contributed by atoms with Crippen molar-refractivity contribution in [3.05, 3.63) is 27.8 Å². The van der Waals surface area contributed by atoms with E-state index in [1.54, 1.807) is 34.6 Å². The van der Waals surface area contributed by atoms with Crippen LogP contribution in [0.15, 0.2) is 12.1 Å². The summed E-state index contributed by atoms with van der Waals surface area (Å²) in [5.41, 5.74) is -1.28. The highest BCUT2D eigenvalue weighted by atomic mass is 16.8. The predicted molar refractivity (Wildman–Crippen MR) is 117 cm³/mol. The molecule has 192 valence electrons. The second-order valence-corrected chi connectivity index (χ2v) is 8.90. The van der Waals surface area contributed by atoms with Crippen LogP contribution in [0.2, 0.25) is 0 Å². The SMILES string of the molecule is COc1cc([N+](=O)[O-])c(C(OC(=O)ON2C(=O)CCC2=O)C(C)C)cc1OCC(=O)OC(C)(C)C. The number of carbonyl (C=O) groups is 4. The number of hydrogen-bond acceptors (Lipinski definition) is 11. The zero-order valence-corrected chi connectivity index (χ0v) is 20.3. The maximum atomic E-state index is 12.3. The fourth-order valence-electron chi connectivity index (χ4n) is 3.15. The summed E-state index contributed by atoms with van der Waals surface area (Å²) in [5.74, 6) is -2.69. The van der Waals surface area contributed by atoms with E-state index in [0.29, 0.717) is 5.06 Å². The van der Waals surface area contributed by atoms with E-state index in [9.17, 15) is 29.3 Å². The number of esters is 1. The number of carbonyl (C=O) groups excluding carboxylic acids is 4. The van der Waals surface area contributed by atoms with Crippen LogP contribution in [0, 0.1) is 16.0 Å². The lowest BCUT2D eigenvalue weighted by Crippen LogP contribution is -2.33. The molecule has 13 heteroatoms. The molecule has 0 bridgehead atoms. The van der Waals surface area contributed by atoms with Gasteiger partial charge in [0.1, 0.15) is 11.7 Å². The van der Waals surface area contributed by atoms with Gasteiger partial charge in [-0.3, -0.25) is 24.5 Å². The first-order chi connectivity index (χ1) is 16.2. The van der Waals surface area contributed by atoms with E-state index in [1.807, 2.05) is 0 Å². The summed E-state index contributed by atoms with van der Waals surface area (Å²) < 4.78 is 21.1. The third kappa shape index (κ3) is 7.29. The van der Waals surface area contributed by atoms with E-state index in [0.717, 1.165) is 6.07 Å². The van der Waals surface area contributed by atoms with Crippen LogP contribution in [0.5, 0.6) is 11.5 Å². The van der Waals surface area contributed by atoms with E-state index in [4.69, 9.17) is 23.8 Å². The number of nitro groups is 1. The second-order valence-electron chi connectivity index (χ2n) is 8.90. The van der Waals surface area contributed by atoms with Gasteiger partial charge < -0.3 is 18.9 Å². The number of hydroxylamine groups is 2. The summed E-state index contributed by atoms with van der Waals surface area (Å²) in [4.78, 5) is 63.6. The van der Waals surface area contributed by atoms with Crippen molar-refractivity contribution < 1.29 is 47.9 Å². The van der Waals surface area contributed by atoms with Gasteiger partial charge in [0.15, 0.2) is 18.1 Å². The molecule has 1 unspecified atom stereocenters. The summed E-state index contributed by atoms with van der Waals surface area (Å²) in [7, 11) is 1.26. The Morgan fingerprint density at radius 3 is 2.20 bits per heavy atom. The average Bonchev–Trinajstić information content (AvgIpc) is 3.06. The van der Waals surface area contributed by atoms with Crippen LogP contribution in [-0.2, 0) is 28.7 Å². The lowest BCUT2D eigenvalue weighted by atomic mass is 9.96. The van der Waals surface area contributed by atoms with Crippen molar-refractivity contribution in [2.75, 3.05) is 13.7 Å². The highest BCUT2D eigenvalue weighted by molar-refractivity contribution is 6.01. The molecule has 2 rings (SSSR count). The molecular weight excluding hydrogens is 468 g/mol. The first kappa shape index (κ1) is 27.3. The largest absolute Gasteiger partial charge is 0.534 e. The van der Waals surface area contributed by atoms with Gasteiger partial charge in [-0.1, -0.05) is 18.9 Å². The van der Waals surface area contributed by atoms with Gasteiger partial charge in [0.2, 0.25) is 0 Å². The molecule has 1 aliphatic heterocycles. The van der Waals surface area contributed by atoms with Gasteiger partial charge in [0, 0.05) is 12.8 Å². The molecule has 1 aromatic carbocycles. The van der Waals surface area contributed by atoms with Gasteiger partial charge in [-0.25, -0.2) is 9.59 Å². The summed E-state index contributed by atoms with van der Waals surface area (Å²) in [5, 5.41) is 12.1. The zero-order valence-electron chi connectivity index (χ0n) is 20.3. The summed E-state index contributed by atoms with van der Waals surface area (Å²) in [6.07, 6.45) is -2.86. The molecule has 1 heterocycles. The van der Waals surface area contributed by atoms with Crippen molar-refractivity contribution in [2.24, 2.45) is 5.92 Å². The first-order valence-corrected chi connectivity index (χ1v) is 10.7. The van der Waals surface area contributed by atoms with Crippen LogP contribution < -0.4 is 9.47 Å². The average molecular weight is 496 g/mol. The molecule has 35 heavy (non-hydrogen) atoms. The molecule has 1 atom stereocenters. The number of hydrogen-bond donors (Lipinski definition) is 0. The maximum Gasteiger partial charge on any atom is 0.534 e. The minimum absolute atomic E-state index is 0.0357. The summed E-state index contributed by atoms with van der Waals surface area (Å²) in [6.45, 7) is 7.78. The quantitative estimate of drug-likeness (QED) is 0.213. The van der Waals surface area contributed by atoms with Crippen molar-refractivity contribution in [3.8, 4) is 11.5 Å². The monoisotopic (exact) mass is 496 g/mol. The molecule has 0 aliphatic carbocycles. The lowest BCUT2D eigenvalue weighted by Gasteiger charge is -2.23. The first-order valence-electron chi connectivity index (χ1n) is 10.7. The highest BCUT2D eigenvalue weighted by Gasteiger charge is 2.36. The zero-order chi connectivity index (χ0) is 26.5. The van der Waals surface area contributed by atoms with Gasteiger partial charge in [-0.2, -0.15) is 0 Å². The number of imide groups is 1. The third-order valence-electron chi connectivity index (χ3n) is 4.58. The Morgan fingerprint density at radius 2 is 1.71 bits per heavy atom. The molecule has 0 spiro atoms. The van der Waals surface area contributed by atoms with Crippen LogP contribution >= 0.6 is 0 Å². The summed E-state index contributed by atoms with van der Waals surface area (Å²) in [6, 6.07) is 2.28. The fourth-order valence-corrected chi connectivity index (χ4v) is 3.15. The van der Waals surface area contributed by atoms with E-state index in [-0.39, 0.29) is 29.9 Å². The molecule has 0 radical (unpaired) electrons. The Bertz CT molecular complexity index is 997. The van der Waals surface area contributed by atoms with Crippen molar-refractivity contribution in [1.29, 1.82) is 0 Å². The number of nitrogens with zero attached hydrogens (tertiary/aromatic N) is 2. The minimum atomic E-state index is -1.39. The molecule has 1 aliphatic rings. The Kier molecular flexibility index (Phi) is 8.61. The molecule has 13 nitrogen and oxygen atoms in total. The molecule has 1 fully saturated rings. The van der Waals surface area contributed by atoms with Gasteiger partial charge in [0.05, 0.1) is 23.7 Å². The van der Waals surface area contributed by atoms with Gasteiger partial charge in [0.25, 0.3) is 17.5 Å². The molecule has 1 aromatic rings. The van der Waals surface area contributed by atoms with Crippen molar-refractivity contribution >= 4 is 29.6 Å². The number of nitro benzene ring substituents is 1. The standard InChI is InChI=1S/C22H28N2O11/c1-12(2)20(33-21(28)35-23-17(25)7-8-18(23)26)13-9-16(15(31-6)10-14(13)24(29)30)32-11-19(27)34-22(3,4)5/h9-10,12,20H,7-8,11H2,1-6H3. The maximum absolute atomic E-state index is 12.3. The Balaban J connectivity index is 2.35. The predicted octanol–water partition coefficient (Wildman–Crippen LogP) is 3.24. The number of methoxy groups -OCH3 is 1. The molecule has 0 saturated carbocycles. The van der Waals surface area contributed by atoms with Crippen molar-refractivity contribution in [2.45, 2.75) is 59.2 Å². The second kappa shape index (κ2) is 11.0. The number of benzene rings is 1. The van der Waals surface area contributed by atoms with E-state index >= 15 is 0 Å². The molecule has 2 amide bonds. The molecule has 0 N–H and O–H groups in total. The normalized spacial score (nSPS) is 14.5. The van der Waals surface area contributed by atoms with E-state index < -0.39 is 58.8 Å². The van der Waals surface area contributed by atoms with Crippen LogP contribution in [0.4, 0.5) is 10.5 Å². The van der Waals surface area contributed by atoms with Crippen LogP contribution in [0.3, 0.4) is 0 Å². The van der Waals surface area contributed by atoms with Gasteiger partial charge in [-0.05, 0) is 32.8 Å². The van der Waals surface area contributed by atoms with Crippen LogP contribution in [-0.4, -0.2) is 53.2 Å². The Hall–Kier alpha value is -3.90. The topological polar surface area (TPSA) is 161 Å². The fraction of sp³-hybridized carbons (Fsp3) is 0.545. The summed E-state index contributed by atoms with van der Waals surface area (Å²) >= 11 is 0. The highest BCUT2D eigenvalue weighted by Crippen LogP contribution is 2.41. The molecule has 0 aromatic heterocycles. The molecular formula is C22H28N2O11. The number of ether oxygens (including phenoxy) is 4. The van der Waals surface area contributed by atoms with Crippen LogP contribution in [0.25, 0.3) is 0 Å². The Morgan fingerprint density at radius 1 is 1.11 bits per heavy atom. The van der Waals surface area contributed by atoms with Gasteiger partial charge in [-0.15, -0.1) is 0 Å². The smallest absolute Gasteiger partial charge is 0.493 e. The van der Waals surface area contributed by atoms with E-state index in [2.05, 4.69) is 0 Å². The number of amides is 2. The molecule has 1 saturated heterocycles. The van der Waals surface area contributed by atoms with Gasteiger partial charge >= 0.3 is 12.1 Å². The Labute approximate surface area is 201 Å².